The van der Waals surface area contributed by atoms with Crippen molar-refractivity contribution in [3.05, 3.63) is 58.7 Å². The van der Waals surface area contributed by atoms with Crippen molar-refractivity contribution in [3.63, 3.8) is 0 Å². The third-order valence-corrected chi connectivity index (χ3v) is 3.70. The largest absolute Gasteiger partial charge is 0.490 e. The van der Waals surface area contributed by atoms with E-state index in [9.17, 15) is 0 Å². The molecule has 118 valence electrons. The van der Waals surface area contributed by atoms with E-state index < -0.39 is 0 Å². The standard InChI is InChI=1S/C19H25NO2/c1-5-21-17-10-9-15(12-18(17)22-6-2)19(20)16-11-13(3)7-8-14(16)4/h7-12,19H,5-6,20H2,1-4H3. The average Bonchev–Trinajstić information content (AvgIpc) is 2.51. The number of hydrogen-bond acceptors (Lipinski definition) is 3. The highest BCUT2D eigenvalue weighted by atomic mass is 16.5. The van der Waals surface area contributed by atoms with Crippen molar-refractivity contribution >= 4 is 0 Å². The summed E-state index contributed by atoms with van der Waals surface area (Å²) in [6.07, 6.45) is 0. The fourth-order valence-corrected chi connectivity index (χ4v) is 2.54. The van der Waals surface area contributed by atoms with Gasteiger partial charge in [0.25, 0.3) is 0 Å². The molecule has 0 fully saturated rings. The van der Waals surface area contributed by atoms with Crippen molar-refractivity contribution in [2.75, 3.05) is 13.2 Å². The van der Waals surface area contributed by atoms with Crippen LogP contribution in [0.5, 0.6) is 11.5 Å². The average molecular weight is 299 g/mol. The lowest BCUT2D eigenvalue weighted by molar-refractivity contribution is 0.287. The summed E-state index contributed by atoms with van der Waals surface area (Å²) < 4.78 is 11.3. The first-order chi connectivity index (χ1) is 10.6. The summed E-state index contributed by atoms with van der Waals surface area (Å²) in [5, 5.41) is 0. The molecule has 0 heterocycles. The van der Waals surface area contributed by atoms with Gasteiger partial charge in [0.05, 0.1) is 19.3 Å². The maximum atomic E-state index is 6.48. The van der Waals surface area contributed by atoms with Crippen LogP contribution in [0.3, 0.4) is 0 Å². The predicted octanol–water partition coefficient (Wildman–Crippen LogP) is 4.15. The molecule has 3 heteroatoms. The Morgan fingerprint density at radius 3 is 2.27 bits per heavy atom. The molecule has 2 aromatic carbocycles. The first-order valence-electron chi connectivity index (χ1n) is 7.79. The number of rotatable bonds is 6. The predicted molar refractivity (Wildman–Crippen MR) is 90.7 cm³/mol. The summed E-state index contributed by atoms with van der Waals surface area (Å²) in [4.78, 5) is 0. The minimum absolute atomic E-state index is 0.171. The second kappa shape index (κ2) is 7.32. The van der Waals surface area contributed by atoms with Crippen molar-refractivity contribution in [2.45, 2.75) is 33.7 Å². The zero-order valence-corrected chi connectivity index (χ0v) is 13.8. The van der Waals surface area contributed by atoms with E-state index in [4.69, 9.17) is 15.2 Å². The van der Waals surface area contributed by atoms with Crippen LogP contribution in [0, 0.1) is 13.8 Å². The van der Waals surface area contributed by atoms with Gasteiger partial charge in [0.1, 0.15) is 0 Å². The molecule has 1 atom stereocenters. The molecule has 0 aromatic heterocycles. The van der Waals surface area contributed by atoms with Gasteiger partial charge < -0.3 is 15.2 Å². The highest BCUT2D eigenvalue weighted by molar-refractivity contribution is 5.47. The van der Waals surface area contributed by atoms with Crippen molar-refractivity contribution < 1.29 is 9.47 Å². The van der Waals surface area contributed by atoms with Gasteiger partial charge in [-0.15, -0.1) is 0 Å². The zero-order valence-electron chi connectivity index (χ0n) is 13.8. The van der Waals surface area contributed by atoms with Crippen LogP contribution in [0.15, 0.2) is 36.4 Å². The third kappa shape index (κ3) is 3.60. The number of aryl methyl sites for hydroxylation is 2. The lowest BCUT2D eigenvalue weighted by Crippen LogP contribution is -2.14. The normalized spacial score (nSPS) is 12.0. The summed E-state index contributed by atoms with van der Waals surface area (Å²) >= 11 is 0. The molecule has 0 radical (unpaired) electrons. The summed E-state index contributed by atoms with van der Waals surface area (Å²) in [6.45, 7) is 9.31. The number of nitrogens with two attached hydrogens (primary N) is 1. The fraction of sp³-hybridized carbons (Fsp3) is 0.368. The van der Waals surface area contributed by atoms with Gasteiger partial charge in [0.2, 0.25) is 0 Å². The first-order valence-corrected chi connectivity index (χ1v) is 7.79. The van der Waals surface area contributed by atoms with Crippen LogP contribution >= 0.6 is 0 Å². The Labute approximate surface area is 133 Å². The maximum absolute atomic E-state index is 6.48. The molecule has 2 N–H and O–H groups in total. The van der Waals surface area contributed by atoms with Crippen LogP contribution < -0.4 is 15.2 Å². The number of benzene rings is 2. The minimum Gasteiger partial charge on any atom is -0.490 e. The van der Waals surface area contributed by atoms with Crippen LogP contribution in [-0.4, -0.2) is 13.2 Å². The molecule has 0 aliphatic rings. The van der Waals surface area contributed by atoms with Gasteiger partial charge in [0.15, 0.2) is 11.5 Å². The monoisotopic (exact) mass is 299 g/mol. The van der Waals surface area contributed by atoms with Gasteiger partial charge in [-0.1, -0.05) is 29.8 Å². The highest BCUT2D eigenvalue weighted by Gasteiger charge is 2.15. The van der Waals surface area contributed by atoms with Crippen molar-refractivity contribution in [1.29, 1.82) is 0 Å². The molecule has 0 bridgehead atoms. The van der Waals surface area contributed by atoms with E-state index >= 15 is 0 Å². The van der Waals surface area contributed by atoms with E-state index in [0.717, 1.165) is 22.6 Å². The highest BCUT2D eigenvalue weighted by Crippen LogP contribution is 2.32. The number of ether oxygens (including phenoxy) is 2. The van der Waals surface area contributed by atoms with Crippen molar-refractivity contribution in [2.24, 2.45) is 5.73 Å². The molecular formula is C19H25NO2. The quantitative estimate of drug-likeness (QED) is 0.871. The topological polar surface area (TPSA) is 44.5 Å². The number of hydrogen-bond donors (Lipinski definition) is 1. The molecule has 3 nitrogen and oxygen atoms in total. The molecule has 0 aliphatic carbocycles. The van der Waals surface area contributed by atoms with Gasteiger partial charge in [-0.05, 0) is 56.5 Å². The van der Waals surface area contributed by atoms with Crippen molar-refractivity contribution in [1.82, 2.24) is 0 Å². The van der Waals surface area contributed by atoms with Crippen LogP contribution in [0.1, 0.15) is 42.1 Å². The van der Waals surface area contributed by atoms with E-state index in [-0.39, 0.29) is 6.04 Å². The van der Waals surface area contributed by atoms with E-state index in [1.807, 2.05) is 32.0 Å². The van der Waals surface area contributed by atoms with E-state index in [1.165, 1.54) is 11.1 Å². The smallest absolute Gasteiger partial charge is 0.161 e. The Morgan fingerprint density at radius 1 is 0.909 bits per heavy atom. The Kier molecular flexibility index (Phi) is 5.45. The second-order valence-electron chi connectivity index (χ2n) is 5.41. The first kappa shape index (κ1) is 16.4. The van der Waals surface area contributed by atoms with Crippen LogP contribution in [-0.2, 0) is 0 Å². The fourth-order valence-electron chi connectivity index (χ4n) is 2.54. The molecular weight excluding hydrogens is 274 g/mol. The molecule has 22 heavy (non-hydrogen) atoms. The van der Waals surface area contributed by atoms with Gasteiger partial charge in [-0.2, -0.15) is 0 Å². The van der Waals surface area contributed by atoms with Gasteiger partial charge in [-0.25, -0.2) is 0 Å². The molecule has 0 saturated heterocycles. The summed E-state index contributed by atoms with van der Waals surface area (Å²) in [7, 11) is 0. The molecule has 2 aromatic rings. The molecule has 0 aliphatic heterocycles. The summed E-state index contributed by atoms with van der Waals surface area (Å²) in [5.74, 6) is 1.52. The van der Waals surface area contributed by atoms with E-state index in [0.29, 0.717) is 13.2 Å². The Balaban J connectivity index is 2.38. The van der Waals surface area contributed by atoms with Gasteiger partial charge in [0, 0.05) is 0 Å². The van der Waals surface area contributed by atoms with Crippen molar-refractivity contribution in [3.8, 4) is 11.5 Å². The lowest BCUT2D eigenvalue weighted by atomic mass is 9.94. The second-order valence-corrected chi connectivity index (χ2v) is 5.41. The van der Waals surface area contributed by atoms with Crippen LogP contribution in [0.2, 0.25) is 0 Å². The van der Waals surface area contributed by atoms with Crippen LogP contribution in [0.25, 0.3) is 0 Å². The zero-order chi connectivity index (χ0) is 16.1. The van der Waals surface area contributed by atoms with E-state index in [2.05, 4.69) is 32.0 Å². The molecule has 0 saturated carbocycles. The maximum Gasteiger partial charge on any atom is 0.161 e. The van der Waals surface area contributed by atoms with Gasteiger partial charge >= 0.3 is 0 Å². The van der Waals surface area contributed by atoms with E-state index in [1.54, 1.807) is 0 Å². The molecule has 2 rings (SSSR count). The SMILES string of the molecule is CCOc1ccc(C(N)c2cc(C)ccc2C)cc1OCC. The molecule has 1 unspecified atom stereocenters. The summed E-state index contributed by atoms with van der Waals surface area (Å²) in [5.41, 5.74) is 11.1. The minimum atomic E-state index is -0.171. The molecule has 0 spiro atoms. The van der Waals surface area contributed by atoms with Gasteiger partial charge in [-0.3, -0.25) is 0 Å². The molecule has 0 amide bonds. The Bertz CT molecular complexity index is 637. The Morgan fingerprint density at radius 2 is 1.59 bits per heavy atom. The van der Waals surface area contributed by atoms with Crippen LogP contribution in [0.4, 0.5) is 0 Å². The third-order valence-electron chi connectivity index (χ3n) is 3.70. The summed E-state index contributed by atoms with van der Waals surface area (Å²) in [6, 6.07) is 12.1. The lowest BCUT2D eigenvalue weighted by Gasteiger charge is -2.18. The Hall–Kier alpha value is -2.00.